The lowest BCUT2D eigenvalue weighted by Crippen LogP contribution is -2.41. The van der Waals surface area contributed by atoms with Crippen molar-refractivity contribution >= 4 is 24.0 Å². The molecule has 0 unspecified atom stereocenters. The van der Waals surface area contributed by atoms with Gasteiger partial charge in [0, 0.05) is 13.8 Å². The maximum Gasteiger partial charge on any atom is 0.348 e. The standard InChI is InChI=1S/C22H20O6/c1-4-26-19(23)15-11-9-14(10-12-15)17-8-6-5-7-16(17)13-18-20(24)27-22(2,3)28-21(18)25/h5-13H,4H2,1-3H3. The van der Waals surface area contributed by atoms with E-state index in [0.29, 0.717) is 17.7 Å². The molecule has 2 aromatic carbocycles. The van der Waals surface area contributed by atoms with E-state index in [1.54, 1.807) is 43.3 Å². The van der Waals surface area contributed by atoms with Gasteiger partial charge in [0.25, 0.3) is 5.79 Å². The Labute approximate surface area is 162 Å². The van der Waals surface area contributed by atoms with E-state index in [4.69, 9.17) is 14.2 Å². The number of rotatable bonds is 4. The van der Waals surface area contributed by atoms with Gasteiger partial charge in [0.1, 0.15) is 5.57 Å². The minimum Gasteiger partial charge on any atom is -0.462 e. The number of hydrogen-bond acceptors (Lipinski definition) is 6. The number of ether oxygens (including phenoxy) is 3. The van der Waals surface area contributed by atoms with Gasteiger partial charge in [-0.2, -0.15) is 0 Å². The number of benzene rings is 2. The van der Waals surface area contributed by atoms with Crippen LogP contribution in [0, 0.1) is 0 Å². The Bertz CT molecular complexity index is 931. The van der Waals surface area contributed by atoms with Crippen LogP contribution in [0.1, 0.15) is 36.7 Å². The summed E-state index contributed by atoms with van der Waals surface area (Å²) in [7, 11) is 0. The number of cyclic esters (lactones) is 2. The van der Waals surface area contributed by atoms with Crippen molar-refractivity contribution in [2.24, 2.45) is 0 Å². The van der Waals surface area contributed by atoms with Crippen molar-refractivity contribution < 1.29 is 28.6 Å². The summed E-state index contributed by atoms with van der Waals surface area (Å²) in [5.41, 5.74) is 2.53. The molecule has 1 fully saturated rings. The molecule has 1 heterocycles. The summed E-state index contributed by atoms with van der Waals surface area (Å²) in [5, 5.41) is 0. The molecule has 0 N–H and O–H groups in total. The van der Waals surface area contributed by atoms with Crippen LogP contribution < -0.4 is 0 Å². The topological polar surface area (TPSA) is 78.9 Å². The fourth-order valence-electron chi connectivity index (χ4n) is 2.82. The van der Waals surface area contributed by atoms with Crippen LogP contribution in [-0.4, -0.2) is 30.3 Å². The Kier molecular flexibility index (Phi) is 5.31. The number of hydrogen-bond donors (Lipinski definition) is 0. The van der Waals surface area contributed by atoms with Crippen molar-refractivity contribution in [1.29, 1.82) is 0 Å². The highest BCUT2D eigenvalue weighted by Gasteiger charge is 2.38. The van der Waals surface area contributed by atoms with Gasteiger partial charge >= 0.3 is 17.9 Å². The fraction of sp³-hybridized carbons (Fsp3) is 0.227. The summed E-state index contributed by atoms with van der Waals surface area (Å²) in [6, 6.07) is 14.2. The maximum absolute atomic E-state index is 12.2. The van der Waals surface area contributed by atoms with E-state index in [1.807, 2.05) is 12.1 Å². The molecule has 1 aliphatic rings. The largest absolute Gasteiger partial charge is 0.462 e. The Morgan fingerprint density at radius 2 is 1.61 bits per heavy atom. The van der Waals surface area contributed by atoms with Crippen LogP contribution in [0.25, 0.3) is 17.2 Å². The first-order valence-corrected chi connectivity index (χ1v) is 8.85. The molecule has 0 radical (unpaired) electrons. The number of carbonyl (C=O) groups excluding carboxylic acids is 3. The zero-order chi connectivity index (χ0) is 20.3. The molecular weight excluding hydrogens is 360 g/mol. The van der Waals surface area contributed by atoms with Crippen LogP contribution in [0.15, 0.2) is 54.1 Å². The van der Waals surface area contributed by atoms with Gasteiger partial charge in [-0.25, -0.2) is 14.4 Å². The normalized spacial score (nSPS) is 15.5. The molecule has 0 amide bonds. The summed E-state index contributed by atoms with van der Waals surface area (Å²) in [5.74, 6) is -3.13. The van der Waals surface area contributed by atoms with Crippen molar-refractivity contribution in [3.63, 3.8) is 0 Å². The highest BCUT2D eigenvalue weighted by Crippen LogP contribution is 2.29. The Morgan fingerprint density at radius 3 is 2.21 bits per heavy atom. The second kappa shape index (κ2) is 7.68. The smallest absolute Gasteiger partial charge is 0.348 e. The molecule has 6 nitrogen and oxygen atoms in total. The lowest BCUT2D eigenvalue weighted by Gasteiger charge is -2.29. The summed E-state index contributed by atoms with van der Waals surface area (Å²) in [6.07, 6.45) is 1.45. The molecule has 0 saturated carbocycles. The minimum atomic E-state index is -1.28. The lowest BCUT2D eigenvalue weighted by molar-refractivity contribution is -0.222. The monoisotopic (exact) mass is 380 g/mol. The molecular formula is C22H20O6. The zero-order valence-corrected chi connectivity index (χ0v) is 15.9. The minimum absolute atomic E-state index is 0.171. The molecule has 6 heteroatoms. The van der Waals surface area contributed by atoms with E-state index in [1.165, 1.54) is 19.9 Å². The van der Waals surface area contributed by atoms with E-state index >= 15 is 0 Å². The van der Waals surface area contributed by atoms with Crippen LogP contribution in [0.2, 0.25) is 0 Å². The van der Waals surface area contributed by atoms with Gasteiger partial charge in [-0.3, -0.25) is 0 Å². The second-order valence-corrected chi connectivity index (χ2v) is 6.62. The Hall–Kier alpha value is -3.41. The van der Waals surface area contributed by atoms with Crippen LogP contribution in [-0.2, 0) is 23.8 Å². The van der Waals surface area contributed by atoms with Gasteiger partial charge < -0.3 is 14.2 Å². The van der Waals surface area contributed by atoms with Crippen LogP contribution in [0.4, 0.5) is 0 Å². The average Bonchev–Trinajstić information content (AvgIpc) is 2.65. The third kappa shape index (κ3) is 4.11. The van der Waals surface area contributed by atoms with Crippen molar-refractivity contribution in [3.8, 4) is 11.1 Å². The first-order chi connectivity index (χ1) is 13.3. The molecule has 1 aliphatic heterocycles. The Balaban J connectivity index is 1.95. The van der Waals surface area contributed by atoms with Gasteiger partial charge in [-0.05, 0) is 41.8 Å². The quantitative estimate of drug-likeness (QED) is 0.457. The van der Waals surface area contributed by atoms with E-state index in [9.17, 15) is 14.4 Å². The average molecular weight is 380 g/mol. The van der Waals surface area contributed by atoms with Crippen molar-refractivity contribution in [3.05, 3.63) is 65.2 Å². The molecule has 28 heavy (non-hydrogen) atoms. The van der Waals surface area contributed by atoms with Gasteiger partial charge in [0.15, 0.2) is 0 Å². The summed E-state index contributed by atoms with van der Waals surface area (Å²) >= 11 is 0. The van der Waals surface area contributed by atoms with Crippen LogP contribution in [0.5, 0.6) is 0 Å². The highest BCUT2D eigenvalue weighted by molar-refractivity contribution is 6.19. The van der Waals surface area contributed by atoms with Gasteiger partial charge in [0.05, 0.1) is 12.2 Å². The van der Waals surface area contributed by atoms with Crippen LogP contribution >= 0.6 is 0 Å². The fourth-order valence-corrected chi connectivity index (χ4v) is 2.82. The predicted octanol–water partition coefficient (Wildman–Crippen LogP) is 3.75. The molecule has 3 rings (SSSR count). The molecule has 0 spiro atoms. The molecule has 0 atom stereocenters. The van der Waals surface area contributed by atoms with Gasteiger partial charge in [-0.1, -0.05) is 36.4 Å². The Morgan fingerprint density at radius 1 is 1.00 bits per heavy atom. The molecule has 0 bridgehead atoms. The summed E-state index contributed by atoms with van der Waals surface area (Å²) in [6.45, 7) is 5.05. The number of carbonyl (C=O) groups is 3. The van der Waals surface area contributed by atoms with Crippen molar-refractivity contribution in [1.82, 2.24) is 0 Å². The highest BCUT2D eigenvalue weighted by atomic mass is 16.7. The van der Waals surface area contributed by atoms with E-state index < -0.39 is 17.7 Å². The first-order valence-electron chi connectivity index (χ1n) is 8.85. The maximum atomic E-state index is 12.2. The third-order valence-electron chi connectivity index (χ3n) is 4.08. The van der Waals surface area contributed by atoms with Gasteiger partial charge in [-0.15, -0.1) is 0 Å². The first kappa shape index (κ1) is 19.4. The second-order valence-electron chi connectivity index (χ2n) is 6.62. The third-order valence-corrected chi connectivity index (χ3v) is 4.08. The molecule has 0 aliphatic carbocycles. The van der Waals surface area contributed by atoms with E-state index in [2.05, 4.69) is 0 Å². The van der Waals surface area contributed by atoms with Crippen LogP contribution in [0.3, 0.4) is 0 Å². The van der Waals surface area contributed by atoms with E-state index in [-0.39, 0.29) is 11.5 Å². The predicted molar refractivity (Wildman–Crippen MR) is 102 cm³/mol. The van der Waals surface area contributed by atoms with Crippen molar-refractivity contribution in [2.45, 2.75) is 26.6 Å². The van der Waals surface area contributed by atoms with E-state index in [0.717, 1.165) is 11.1 Å². The van der Waals surface area contributed by atoms with Gasteiger partial charge in [0.2, 0.25) is 0 Å². The molecule has 144 valence electrons. The lowest BCUT2D eigenvalue weighted by atomic mass is 9.97. The van der Waals surface area contributed by atoms with Crippen molar-refractivity contribution in [2.75, 3.05) is 6.61 Å². The molecule has 0 aromatic heterocycles. The zero-order valence-electron chi connectivity index (χ0n) is 15.9. The molecule has 2 aromatic rings. The number of esters is 3. The summed E-state index contributed by atoms with van der Waals surface area (Å²) < 4.78 is 15.3. The summed E-state index contributed by atoms with van der Waals surface area (Å²) in [4.78, 5) is 36.2. The SMILES string of the molecule is CCOC(=O)c1ccc(-c2ccccc2C=C2C(=O)OC(C)(C)OC2=O)cc1. The molecule has 1 saturated heterocycles.